The predicted molar refractivity (Wildman–Crippen MR) is 60.9 cm³/mol. The average Bonchev–Trinajstić information content (AvgIpc) is 2.30. The van der Waals surface area contributed by atoms with Gasteiger partial charge in [0.25, 0.3) is 0 Å². The maximum atomic E-state index is 3.30. The molecular formula is C13H15N2+. The van der Waals surface area contributed by atoms with Gasteiger partial charge in [-0.15, -0.1) is 0 Å². The third-order valence-corrected chi connectivity index (χ3v) is 2.30. The van der Waals surface area contributed by atoms with Crippen molar-refractivity contribution in [3.63, 3.8) is 0 Å². The van der Waals surface area contributed by atoms with E-state index in [0.29, 0.717) is 0 Å². The third-order valence-electron chi connectivity index (χ3n) is 2.30. The van der Waals surface area contributed by atoms with Gasteiger partial charge in [-0.3, -0.25) is 0 Å². The molecule has 1 N–H and O–H groups in total. The molecular weight excluding hydrogens is 184 g/mol. The van der Waals surface area contributed by atoms with E-state index in [1.54, 1.807) is 0 Å². The quantitative estimate of drug-likeness (QED) is 0.748. The minimum Gasteiger partial charge on any atom is -0.189 e. The Morgan fingerprint density at radius 1 is 1.00 bits per heavy atom. The fraction of sp³-hybridized carbons (Fsp3) is 0.154. The molecule has 2 heteroatoms. The van der Waals surface area contributed by atoms with Crippen LogP contribution in [-0.4, -0.2) is 0 Å². The smallest absolute Gasteiger partial charge is 0.189 e. The molecule has 0 saturated carbocycles. The molecule has 0 bridgehead atoms. The van der Waals surface area contributed by atoms with Crippen LogP contribution >= 0.6 is 0 Å². The van der Waals surface area contributed by atoms with E-state index < -0.39 is 0 Å². The van der Waals surface area contributed by atoms with E-state index in [1.807, 2.05) is 35.3 Å². The second-order valence-electron chi connectivity index (χ2n) is 3.60. The summed E-state index contributed by atoms with van der Waals surface area (Å²) in [5, 5.41) is 0. The SMILES string of the molecule is Cc1ccc(CN[n+]2ccccc2)cc1. The molecule has 1 aromatic heterocycles. The fourth-order valence-corrected chi connectivity index (χ4v) is 1.39. The minimum atomic E-state index is 0.842. The molecule has 1 heterocycles. The number of pyridine rings is 1. The third kappa shape index (κ3) is 2.81. The Kier molecular flexibility index (Phi) is 2.98. The lowest BCUT2D eigenvalue weighted by molar-refractivity contribution is -0.651. The number of aryl methyl sites for hydroxylation is 1. The van der Waals surface area contributed by atoms with E-state index in [1.165, 1.54) is 11.1 Å². The Morgan fingerprint density at radius 3 is 2.33 bits per heavy atom. The highest BCUT2D eigenvalue weighted by Gasteiger charge is 1.96. The number of nitrogens with zero attached hydrogens (tertiary/aromatic N) is 1. The number of rotatable bonds is 3. The lowest BCUT2D eigenvalue weighted by Crippen LogP contribution is -2.43. The van der Waals surface area contributed by atoms with Crippen molar-refractivity contribution in [2.75, 3.05) is 5.43 Å². The van der Waals surface area contributed by atoms with Crippen LogP contribution < -0.4 is 10.1 Å². The molecule has 76 valence electrons. The van der Waals surface area contributed by atoms with Gasteiger partial charge >= 0.3 is 0 Å². The molecule has 2 rings (SSSR count). The monoisotopic (exact) mass is 199 g/mol. The summed E-state index contributed by atoms with van der Waals surface area (Å²) in [7, 11) is 0. The van der Waals surface area contributed by atoms with Crippen molar-refractivity contribution in [1.82, 2.24) is 0 Å². The fourth-order valence-electron chi connectivity index (χ4n) is 1.39. The van der Waals surface area contributed by atoms with Gasteiger partial charge in [0.05, 0.1) is 6.54 Å². The number of hydrogen-bond donors (Lipinski definition) is 1. The molecule has 2 nitrogen and oxygen atoms in total. The Labute approximate surface area is 90.2 Å². The summed E-state index contributed by atoms with van der Waals surface area (Å²) in [5.74, 6) is 0. The van der Waals surface area contributed by atoms with Gasteiger partial charge in [-0.1, -0.05) is 40.6 Å². The normalized spacial score (nSPS) is 9.93. The van der Waals surface area contributed by atoms with Gasteiger partial charge in [-0.2, -0.15) is 5.43 Å². The zero-order valence-corrected chi connectivity index (χ0v) is 8.85. The van der Waals surface area contributed by atoms with E-state index in [4.69, 9.17) is 0 Å². The van der Waals surface area contributed by atoms with Crippen LogP contribution in [0, 0.1) is 6.92 Å². The second kappa shape index (κ2) is 4.60. The van der Waals surface area contributed by atoms with Gasteiger partial charge in [-0.05, 0) is 12.5 Å². The Hall–Kier alpha value is -1.83. The van der Waals surface area contributed by atoms with Crippen molar-refractivity contribution >= 4 is 0 Å². The van der Waals surface area contributed by atoms with Crippen LogP contribution in [0.4, 0.5) is 0 Å². The van der Waals surface area contributed by atoms with Crippen molar-refractivity contribution in [2.45, 2.75) is 13.5 Å². The van der Waals surface area contributed by atoms with E-state index >= 15 is 0 Å². The summed E-state index contributed by atoms with van der Waals surface area (Å²) in [5.41, 5.74) is 5.88. The van der Waals surface area contributed by atoms with Gasteiger partial charge in [0.15, 0.2) is 12.4 Å². The summed E-state index contributed by atoms with van der Waals surface area (Å²) >= 11 is 0. The Morgan fingerprint density at radius 2 is 1.67 bits per heavy atom. The minimum absolute atomic E-state index is 0.842. The molecule has 0 aliphatic rings. The molecule has 0 spiro atoms. The Bertz CT molecular complexity index is 406. The van der Waals surface area contributed by atoms with Crippen LogP contribution in [0.1, 0.15) is 11.1 Å². The number of nitrogens with one attached hydrogen (secondary N) is 1. The van der Waals surface area contributed by atoms with E-state index in [2.05, 4.69) is 36.6 Å². The maximum absolute atomic E-state index is 3.30. The largest absolute Gasteiger partial charge is 0.199 e. The summed E-state index contributed by atoms with van der Waals surface area (Å²) < 4.78 is 1.96. The number of hydrogen-bond acceptors (Lipinski definition) is 1. The molecule has 0 atom stereocenters. The van der Waals surface area contributed by atoms with Crippen molar-refractivity contribution in [3.05, 3.63) is 66.0 Å². The van der Waals surface area contributed by atoms with Crippen molar-refractivity contribution in [1.29, 1.82) is 0 Å². The van der Waals surface area contributed by atoms with Crippen LogP contribution in [0.3, 0.4) is 0 Å². The van der Waals surface area contributed by atoms with Crippen molar-refractivity contribution < 1.29 is 4.68 Å². The zero-order chi connectivity index (χ0) is 10.5. The summed E-state index contributed by atoms with van der Waals surface area (Å²) in [4.78, 5) is 0. The summed E-state index contributed by atoms with van der Waals surface area (Å²) in [6, 6.07) is 14.6. The predicted octanol–water partition coefficient (Wildman–Crippen LogP) is 2.03. The molecule has 15 heavy (non-hydrogen) atoms. The van der Waals surface area contributed by atoms with Crippen LogP contribution in [0.15, 0.2) is 54.9 Å². The molecule has 2 aromatic rings. The van der Waals surface area contributed by atoms with Gasteiger partial charge < -0.3 is 0 Å². The highest BCUT2D eigenvalue weighted by molar-refractivity contribution is 5.21. The molecule has 0 aliphatic heterocycles. The first-order chi connectivity index (χ1) is 7.34. The van der Waals surface area contributed by atoms with Crippen molar-refractivity contribution in [3.8, 4) is 0 Å². The zero-order valence-electron chi connectivity index (χ0n) is 8.85. The van der Waals surface area contributed by atoms with Crippen LogP contribution in [0.2, 0.25) is 0 Å². The van der Waals surface area contributed by atoms with Gasteiger partial charge in [0, 0.05) is 12.1 Å². The summed E-state index contributed by atoms with van der Waals surface area (Å²) in [6.07, 6.45) is 3.99. The summed E-state index contributed by atoms with van der Waals surface area (Å²) in [6.45, 7) is 2.94. The molecule has 0 saturated heterocycles. The van der Waals surface area contributed by atoms with Crippen molar-refractivity contribution in [2.24, 2.45) is 0 Å². The van der Waals surface area contributed by atoms with E-state index in [-0.39, 0.29) is 0 Å². The molecule has 1 aromatic carbocycles. The number of aromatic nitrogens is 1. The van der Waals surface area contributed by atoms with Crippen LogP contribution in [0.5, 0.6) is 0 Å². The molecule has 0 amide bonds. The Balaban J connectivity index is 1.96. The highest BCUT2D eigenvalue weighted by Crippen LogP contribution is 2.02. The first-order valence-electron chi connectivity index (χ1n) is 5.10. The maximum Gasteiger partial charge on any atom is 0.199 e. The lowest BCUT2D eigenvalue weighted by atomic mass is 10.1. The second-order valence-corrected chi connectivity index (χ2v) is 3.60. The molecule has 0 unspecified atom stereocenters. The first kappa shape index (κ1) is 9.71. The topological polar surface area (TPSA) is 15.9 Å². The van der Waals surface area contributed by atoms with E-state index in [9.17, 15) is 0 Å². The van der Waals surface area contributed by atoms with Gasteiger partial charge in [-0.25, -0.2) is 0 Å². The van der Waals surface area contributed by atoms with Gasteiger partial charge in [0.1, 0.15) is 0 Å². The molecule has 0 aliphatic carbocycles. The first-order valence-corrected chi connectivity index (χ1v) is 5.10. The number of benzene rings is 1. The molecule has 0 fully saturated rings. The lowest BCUT2D eigenvalue weighted by Gasteiger charge is -2.01. The van der Waals surface area contributed by atoms with Gasteiger partial charge in [0.2, 0.25) is 0 Å². The average molecular weight is 199 g/mol. The van der Waals surface area contributed by atoms with Crippen LogP contribution in [0.25, 0.3) is 0 Å². The standard InChI is InChI=1S/C13H15N2/c1-12-5-7-13(8-6-12)11-14-15-9-3-2-4-10-15/h2-10,14H,11H2,1H3/q+1. The molecule has 0 radical (unpaired) electrons. The van der Waals surface area contributed by atoms with E-state index in [0.717, 1.165) is 6.54 Å². The highest BCUT2D eigenvalue weighted by atomic mass is 15.4. The van der Waals surface area contributed by atoms with Crippen LogP contribution in [-0.2, 0) is 6.54 Å².